The van der Waals surface area contributed by atoms with Crippen LogP contribution in [0.1, 0.15) is 34.1 Å². The molecule has 1 heterocycles. The Morgan fingerprint density at radius 3 is 2.47 bits per heavy atom. The molecule has 1 saturated heterocycles. The lowest BCUT2D eigenvalue weighted by molar-refractivity contribution is -0.122. The normalized spacial score (nSPS) is 16.8. The van der Waals surface area contributed by atoms with E-state index in [9.17, 15) is 18.0 Å². The molecule has 1 fully saturated rings. The molecule has 0 spiro atoms. The number of ether oxygens (including phenoxy) is 1. The average molecular weight is 460 g/mol. The van der Waals surface area contributed by atoms with Gasteiger partial charge in [-0.25, -0.2) is 13.1 Å². The predicted molar refractivity (Wildman–Crippen MR) is 123 cm³/mol. The smallest absolute Gasteiger partial charge is 0.243 e. The Bertz CT molecular complexity index is 1110. The SMILES string of the molecule is CCOc1ccccc1N1CC(C(=O)Nc2ccccc2S(=O)(=O)NC(C)(C)C)CC1=O. The van der Waals surface area contributed by atoms with Crippen molar-refractivity contribution in [3.63, 3.8) is 0 Å². The highest BCUT2D eigenvalue weighted by molar-refractivity contribution is 7.89. The summed E-state index contributed by atoms with van der Waals surface area (Å²) >= 11 is 0. The van der Waals surface area contributed by atoms with Crippen LogP contribution in [-0.4, -0.2) is 38.9 Å². The molecular formula is C23H29N3O5S. The van der Waals surface area contributed by atoms with Gasteiger partial charge in [-0.15, -0.1) is 0 Å². The Kier molecular flexibility index (Phi) is 6.90. The maximum atomic E-state index is 13.0. The average Bonchev–Trinajstić information content (AvgIpc) is 3.09. The highest BCUT2D eigenvalue weighted by atomic mass is 32.2. The standard InChI is InChI=1S/C23H29N3O5S/c1-5-31-19-12-8-7-11-18(19)26-15-16(14-21(26)27)22(28)24-17-10-6-9-13-20(17)32(29,30)25-23(2,3)4/h6-13,16,25H,5,14-15H2,1-4H3,(H,24,28). The van der Waals surface area contributed by atoms with Gasteiger partial charge in [-0.3, -0.25) is 9.59 Å². The summed E-state index contributed by atoms with van der Waals surface area (Å²) in [6.07, 6.45) is 0.0292. The van der Waals surface area contributed by atoms with Gasteiger partial charge in [0, 0.05) is 18.5 Å². The minimum atomic E-state index is -3.85. The molecule has 0 saturated carbocycles. The van der Waals surface area contributed by atoms with Crippen LogP contribution in [0.2, 0.25) is 0 Å². The van der Waals surface area contributed by atoms with Crippen molar-refractivity contribution < 1.29 is 22.7 Å². The summed E-state index contributed by atoms with van der Waals surface area (Å²) < 4.78 is 33.8. The molecule has 1 unspecified atom stereocenters. The zero-order valence-electron chi connectivity index (χ0n) is 18.7. The van der Waals surface area contributed by atoms with Crippen LogP contribution in [0.25, 0.3) is 0 Å². The highest BCUT2D eigenvalue weighted by Crippen LogP contribution is 2.33. The first kappa shape index (κ1) is 23.7. The number of hydrogen-bond donors (Lipinski definition) is 2. The molecule has 2 amide bonds. The van der Waals surface area contributed by atoms with Gasteiger partial charge in [0.2, 0.25) is 21.8 Å². The van der Waals surface area contributed by atoms with Gasteiger partial charge in [-0.1, -0.05) is 24.3 Å². The molecule has 172 valence electrons. The van der Waals surface area contributed by atoms with Gasteiger partial charge in [0.05, 0.1) is 23.9 Å². The Labute approximate surface area is 189 Å². The van der Waals surface area contributed by atoms with Crippen LogP contribution in [0.3, 0.4) is 0 Å². The summed E-state index contributed by atoms with van der Waals surface area (Å²) in [5, 5.41) is 2.71. The van der Waals surface area contributed by atoms with Crippen molar-refractivity contribution in [3.05, 3.63) is 48.5 Å². The first-order valence-corrected chi connectivity index (χ1v) is 12.0. The van der Waals surface area contributed by atoms with E-state index in [1.807, 2.05) is 19.1 Å². The lowest BCUT2D eigenvalue weighted by Gasteiger charge is -2.22. The molecule has 0 aliphatic carbocycles. The minimum Gasteiger partial charge on any atom is -0.492 e. The van der Waals surface area contributed by atoms with Crippen LogP contribution >= 0.6 is 0 Å². The number of hydrogen-bond acceptors (Lipinski definition) is 5. The third-order valence-corrected chi connectivity index (χ3v) is 6.64. The van der Waals surface area contributed by atoms with Crippen molar-refractivity contribution >= 4 is 33.2 Å². The number of anilines is 2. The molecule has 0 radical (unpaired) electrons. The van der Waals surface area contributed by atoms with Crippen LogP contribution in [0.4, 0.5) is 11.4 Å². The number of amides is 2. The number of sulfonamides is 1. The lowest BCUT2D eigenvalue weighted by atomic mass is 10.1. The van der Waals surface area contributed by atoms with Crippen molar-refractivity contribution in [3.8, 4) is 5.75 Å². The maximum absolute atomic E-state index is 13.0. The second kappa shape index (κ2) is 9.30. The fraction of sp³-hybridized carbons (Fsp3) is 0.391. The summed E-state index contributed by atoms with van der Waals surface area (Å²) in [6.45, 7) is 7.72. The van der Waals surface area contributed by atoms with Crippen LogP contribution in [0.5, 0.6) is 5.75 Å². The van der Waals surface area contributed by atoms with Crippen molar-refractivity contribution in [1.82, 2.24) is 4.72 Å². The molecule has 1 aliphatic rings. The lowest BCUT2D eigenvalue weighted by Crippen LogP contribution is -2.40. The Hall–Kier alpha value is -2.91. The van der Waals surface area contributed by atoms with E-state index in [4.69, 9.17) is 4.74 Å². The van der Waals surface area contributed by atoms with Gasteiger partial charge in [0.15, 0.2) is 0 Å². The molecule has 1 atom stereocenters. The highest BCUT2D eigenvalue weighted by Gasteiger charge is 2.37. The van der Waals surface area contributed by atoms with Crippen LogP contribution in [0, 0.1) is 5.92 Å². The molecule has 0 aromatic heterocycles. The Balaban J connectivity index is 1.79. The third kappa shape index (κ3) is 5.46. The number of nitrogens with one attached hydrogen (secondary N) is 2. The van der Waals surface area contributed by atoms with E-state index in [1.165, 1.54) is 12.1 Å². The molecule has 2 N–H and O–H groups in total. The van der Waals surface area contributed by atoms with E-state index in [1.54, 1.807) is 49.9 Å². The Morgan fingerprint density at radius 2 is 1.78 bits per heavy atom. The van der Waals surface area contributed by atoms with E-state index in [2.05, 4.69) is 10.0 Å². The maximum Gasteiger partial charge on any atom is 0.243 e. The van der Waals surface area contributed by atoms with E-state index >= 15 is 0 Å². The minimum absolute atomic E-state index is 0.0221. The van der Waals surface area contributed by atoms with Crippen LogP contribution < -0.4 is 19.7 Å². The quantitative estimate of drug-likeness (QED) is 0.662. The van der Waals surface area contributed by atoms with Crippen molar-refractivity contribution in [2.75, 3.05) is 23.4 Å². The number of carbonyl (C=O) groups excluding carboxylic acids is 2. The molecule has 1 aliphatic heterocycles. The molecule has 32 heavy (non-hydrogen) atoms. The number of benzene rings is 2. The Morgan fingerprint density at radius 1 is 1.12 bits per heavy atom. The first-order chi connectivity index (χ1) is 15.0. The largest absolute Gasteiger partial charge is 0.492 e. The fourth-order valence-corrected chi connectivity index (χ4v) is 5.15. The molecule has 9 heteroatoms. The van der Waals surface area contributed by atoms with Crippen molar-refractivity contribution in [2.24, 2.45) is 5.92 Å². The monoisotopic (exact) mass is 459 g/mol. The van der Waals surface area contributed by atoms with Crippen LogP contribution in [-0.2, 0) is 19.6 Å². The van der Waals surface area contributed by atoms with E-state index in [0.717, 1.165) is 0 Å². The number of carbonyl (C=O) groups is 2. The fourth-order valence-electron chi connectivity index (χ4n) is 3.57. The zero-order chi connectivity index (χ0) is 23.5. The van der Waals surface area contributed by atoms with Gasteiger partial charge in [0.25, 0.3) is 0 Å². The summed E-state index contributed by atoms with van der Waals surface area (Å²) in [5.41, 5.74) is 0.115. The number of para-hydroxylation sites is 3. The summed E-state index contributed by atoms with van der Waals surface area (Å²) in [5.74, 6) is -0.640. The van der Waals surface area contributed by atoms with Gasteiger partial charge in [0.1, 0.15) is 10.6 Å². The molecular weight excluding hydrogens is 430 g/mol. The topological polar surface area (TPSA) is 105 Å². The van der Waals surface area contributed by atoms with Gasteiger partial charge < -0.3 is 15.0 Å². The summed E-state index contributed by atoms with van der Waals surface area (Å²) in [7, 11) is -3.85. The molecule has 3 rings (SSSR count). The van der Waals surface area contributed by atoms with Crippen molar-refractivity contribution in [1.29, 1.82) is 0 Å². The van der Waals surface area contributed by atoms with Gasteiger partial charge >= 0.3 is 0 Å². The number of nitrogens with zero attached hydrogens (tertiary/aromatic N) is 1. The second-order valence-corrected chi connectivity index (χ2v) is 10.3. The van der Waals surface area contributed by atoms with E-state index < -0.39 is 27.4 Å². The molecule has 0 bridgehead atoms. The van der Waals surface area contributed by atoms with Crippen molar-refractivity contribution in [2.45, 2.75) is 44.6 Å². The first-order valence-electron chi connectivity index (χ1n) is 10.5. The summed E-state index contributed by atoms with van der Waals surface area (Å²) in [4.78, 5) is 27.2. The van der Waals surface area contributed by atoms with Gasteiger partial charge in [-0.05, 0) is 52.0 Å². The second-order valence-electron chi connectivity index (χ2n) is 8.65. The van der Waals surface area contributed by atoms with E-state index in [-0.39, 0.29) is 29.5 Å². The molecule has 8 nitrogen and oxygen atoms in total. The molecule has 2 aromatic rings. The molecule has 2 aromatic carbocycles. The summed E-state index contributed by atoms with van der Waals surface area (Å²) in [6, 6.07) is 13.4. The predicted octanol–water partition coefficient (Wildman–Crippen LogP) is 3.15. The zero-order valence-corrected chi connectivity index (χ0v) is 19.5. The van der Waals surface area contributed by atoms with E-state index in [0.29, 0.717) is 18.0 Å². The number of rotatable bonds is 7. The third-order valence-electron chi connectivity index (χ3n) is 4.83. The van der Waals surface area contributed by atoms with Gasteiger partial charge in [-0.2, -0.15) is 0 Å². The van der Waals surface area contributed by atoms with Crippen LogP contribution in [0.15, 0.2) is 53.4 Å².